The van der Waals surface area contributed by atoms with Gasteiger partial charge in [0.2, 0.25) is 0 Å². The second-order valence-corrected chi connectivity index (χ2v) is 13.8. The molecule has 48 heavy (non-hydrogen) atoms. The first-order valence-corrected chi connectivity index (χ1v) is 16.7. The summed E-state index contributed by atoms with van der Waals surface area (Å²) in [6, 6.07) is 53.2. The van der Waals surface area contributed by atoms with Gasteiger partial charge in [0.05, 0.1) is 22.1 Å². The molecule has 3 heteroatoms. The molecule has 0 radical (unpaired) electrons. The zero-order chi connectivity index (χ0) is 31.7. The minimum atomic E-state index is -0.0746. The fraction of sp³-hybridized carbons (Fsp3) is 0.0667. The van der Waals surface area contributed by atoms with E-state index in [0.717, 1.165) is 27.6 Å². The summed E-state index contributed by atoms with van der Waals surface area (Å²) in [4.78, 5) is 0. The van der Waals surface area contributed by atoms with Gasteiger partial charge in [-0.25, -0.2) is 0 Å². The molecule has 0 unspecified atom stereocenters. The van der Waals surface area contributed by atoms with Gasteiger partial charge >= 0.3 is 0 Å². The van der Waals surface area contributed by atoms with E-state index in [1.54, 1.807) is 0 Å². The minimum absolute atomic E-state index is 0.0746. The molecule has 0 N–H and O–H groups in total. The maximum absolute atomic E-state index is 6.41. The first-order valence-electron chi connectivity index (χ1n) is 16.7. The van der Waals surface area contributed by atoms with Crippen LogP contribution in [0.1, 0.15) is 25.0 Å². The molecule has 1 aliphatic rings. The Labute approximate surface area is 276 Å². The van der Waals surface area contributed by atoms with Gasteiger partial charge in [-0.2, -0.15) is 0 Å². The lowest BCUT2D eigenvalue weighted by Crippen LogP contribution is -2.15. The molecule has 0 bridgehead atoms. The van der Waals surface area contributed by atoms with E-state index < -0.39 is 0 Å². The molecule has 7 aromatic carbocycles. The molecule has 1 aliphatic carbocycles. The highest BCUT2D eigenvalue weighted by Crippen LogP contribution is 2.50. The van der Waals surface area contributed by atoms with E-state index in [1.165, 1.54) is 71.6 Å². The van der Waals surface area contributed by atoms with Crippen LogP contribution in [0.4, 0.5) is 0 Å². The van der Waals surface area contributed by atoms with Crippen LogP contribution < -0.4 is 0 Å². The van der Waals surface area contributed by atoms with Crippen LogP contribution in [0.2, 0.25) is 0 Å². The quantitative estimate of drug-likeness (QED) is 0.190. The summed E-state index contributed by atoms with van der Waals surface area (Å²) in [7, 11) is 0. The van der Waals surface area contributed by atoms with Gasteiger partial charge in [-0.3, -0.25) is 0 Å². The van der Waals surface area contributed by atoms with Crippen LogP contribution in [0.3, 0.4) is 0 Å². The van der Waals surface area contributed by atoms with Crippen molar-refractivity contribution in [2.45, 2.75) is 19.3 Å². The van der Waals surface area contributed by atoms with Crippen molar-refractivity contribution in [3.8, 4) is 22.5 Å². The van der Waals surface area contributed by atoms with Crippen molar-refractivity contribution in [2.75, 3.05) is 0 Å². The summed E-state index contributed by atoms with van der Waals surface area (Å²) in [6.45, 7) is 4.71. The molecular weight excluding hydrogens is 585 g/mol. The van der Waals surface area contributed by atoms with Crippen molar-refractivity contribution >= 4 is 65.6 Å². The molecule has 3 aromatic heterocycles. The highest BCUT2D eigenvalue weighted by molar-refractivity contribution is 6.22. The molecule has 0 aliphatic heterocycles. The monoisotopic (exact) mass is 614 g/mol. The Bertz CT molecular complexity index is 2970. The molecule has 3 nitrogen and oxygen atoms in total. The van der Waals surface area contributed by atoms with E-state index >= 15 is 0 Å². The van der Waals surface area contributed by atoms with Crippen molar-refractivity contribution in [1.29, 1.82) is 0 Å². The molecule has 0 saturated carbocycles. The normalized spacial score (nSPS) is 13.8. The SMILES string of the molecule is CC1(C)c2ccccc2-c2ccc(-n3c4ccccc4c4cc5c6cc7oc8ccccc8c7cc6n(-c6ccccc6)c5cc43)cc21. The van der Waals surface area contributed by atoms with Crippen LogP contribution in [0.25, 0.3) is 88.1 Å². The first kappa shape index (κ1) is 26.1. The predicted molar refractivity (Wildman–Crippen MR) is 200 cm³/mol. The second kappa shape index (κ2) is 9.05. The lowest BCUT2D eigenvalue weighted by Gasteiger charge is -2.22. The number of fused-ring (bicyclic) bond motifs is 12. The van der Waals surface area contributed by atoms with Gasteiger partial charge in [0.1, 0.15) is 11.2 Å². The maximum Gasteiger partial charge on any atom is 0.136 e. The van der Waals surface area contributed by atoms with Gasteiger partial charge in [0.15, 0.2) is 0 Å². The minimum Gasteiger partial charge on any atom is -0.456 e. The molecule has 0 atom stereocenters. The number of furan rings is 1. The summed E-state index contributed by atoms with van der Waals surface area (Å²) >= 11 is 0. The largest absolute Gasteiger partial charge is 0.456 e. The Morgan fingerprint density at radius 3 is 1.92 bits per heavy atom. The molecule has 0 fully saturated rings. The molecule has 10 aromatic rings. The molecule has 0 saturated heterocycles. The van der Waals surface area contributed by atoms with Crippen molar-refractivity contribution in [1.82, 2.24) is 9.13 Å². The van der Waals surface area contributed by atoms with Crippen molar-refractivity contribution in [2.24, 2.45) is 0 Å². The first-order chi connectivity index (χ1) is 23.6. The lowest BCUT2D eigenvalue weighted by atomic mass is 9.82. The van der Waals surface area contributed by atoms with E-state index in [-0.39, 0.29) is 5.41 Å². The third kappa shape index (κ3) is 3.28. The second-order valence-electron chi connectivity index (χ2n) is 13.8. The maximum atomic E-state index is 6.41. The number of para-hydroxylation sites is 3. The zero-order valence-corrected chi connectivity index (χ0v) is 26.7. The Morgan fingerprint density at radius 2 is 1.04 bits per heavy atom. The summed E-state index contributed by atoms with van der Waals surface area (Å²) in [6.07, 6.45) is 0. The van der Waals surface area contributed by atoms with Crippen LogP contribution in [-0.4, -0.2) is 9.13 Å². The third-order valence-electron chi connectivity index (χ3n) is 10.9. The average Bonchev–Trinajstić information content (AvgIpc) is 3.82. The van der Waals surface area contributed by atoms with Gasteiger partial charge in [-0.1, -0.05) is 98.8 Å². The smallest absolute Gasteiger partial charge is 0.136 e. The number of nitrogens with zero attached hydrogens (tertiary/aromatic N) is 2. The highest BCUT2D eigenvalue weighted by Gasteiger charge is 2.35. The van der Waals surface area contributed by atoms with Crippen LogP contribution in [0.15, 0.2) is 150 Å². The number of benzene rings is 7. The predicted octanol–water partition coefficient (Wildman–Crippen LogP) is 12.1. The van der Waals surface area contributed by atoms with Gasteiger partial charge in [-0.15, -0.1) is 0 Å². The summed E-state index contributed by atoms with van der Waals surface area (Å²) in [5.41, 5.74) is 14.3. The third-order valence-corrected chi connectivity index (χ3v) is 10.9. The van der Waals surface area contributed by atoms with Crippen molar-refractivity contribution in [3.05, 3.63) is 157 Å². The van der Waals surface area contributed by atoms with Crippen LogP contribution >= 0.6 is 0 Å². The van der Waals surface area contributed by atoms with Crippen LogP contribution in [0.5, 0.6) is 0 Å². The van der Waals surface area contributed by atoms with Crippen LogP contribution in [-0.2, 0) is 5.41 Å². The number of aromatic nitrogens is 2. The Morgan fingerprint density at radius 1 is 0.396 bits per heavy atom. The Balaban J connectivity index is 1.26. The van der Waals surface area contributed by atoms with E-state index in [1.807, 2.05) is 6.07 Å². The molecule has 3 heterocycles. The van der Waals surface area contributed by atoms with Gasteiger partial charge in [-0.05, 0) is 82.9 Å². The number of hydrogen-bond acceptors (Lipinski definition) is 1. The number of rotatable bonds is 2. The van der Waals surface area contributed by atoms with Gasteiger partial charge < -0.3 is 13.6 Å². The lowest BCUT2D eigenvalue weighted by molar-refractivity contribution is 0.660. The van der Waals surface area contributed by atoms with Crippen molar-refractivity contribution < 1.29 is 4.42 Å². The fourth-order valence-electron chi connectivity index (χ4n) is 8.66. The van der Waals surface area contributed by atoms with Crippen molar-refractivity contribution in [3.63, 3.8) is 0 Å². The molecule has 0 amide bonds. The average molecular weight is 615 g/mol. The fourth-order valence-corrected chi connectivity index (χ4v) is 8.66. The van der Waals surface area contributed by atoms with E-state index in [4.69, 9.17) is 4.42 Å². The molecule has 0 spiro atoms. The highest BCUT2D eigenvalue weighted by atomic mass is 16.3. The van der Waals surface area contributed by atoms with Crippen LogP contribution in [0, 0.1) is 0 Å². The van der Waals surface area contributed by atoms with Gasteiger partial charge in [0.25, 0.3) is 0 Å². The standard InChI is InChI=1S/C45H30N2O/c1-45(2)37-17-9-6-14-29(37)30-21-20-28(22-38(30)45)47-39-18-10-7-15-31(39)33-23-34-35-25-44-36(32-16-8-11-19-43(32)48-44)24-40(35)46(42(34)26-41(33)47)27-12-4-3-5-13-27/h3-26H,1-2H3. The summed E-state index contributed by atoms with van der Waals surface area (Å²) in [5.74, 6) is 0. The number of hydrogen-bond donors (Lipinski definition) is 0. The summed E-state index contributed by atoms with van der Waals surface area (Å²) < 4.78 is 11.3. The molecule has 226 valence electrons. The molecular formula is C45H30N2O. The van der Waals surface area contributed by atoms with E-state index in [9.17, 15) is 0 Å². The zero-order valence-electron chi connectivity index (χ0n) is 26.7. The van der Waals surface area contributed by atoms with Gasteiger partial charge in [0, 0.05) is 49.1 Å². The van der Waals surface area contributed by atoms with E-state index in [0.29, 0.717) is 0 Å². The Hall–Kier alpha value is -6.06. The summed E-state index contributed by atoms with van der Waals surface area (Å²) in [5, 5.41) is 7.19. The molecule has 11 rings (SSSR count). The topological polar surface area (TPSA) is 23.0 Å². The Kier molecular flexibility index (Phi) is 4.91. The van der Waals surface area contributed by atoms with E-state index in [2.05, 4.69) is 163 Å².